The second kappa shape index (κ2) is 12.3. The molecular weight excluding hydrogens is 403 g/mol. The monoisotopic (exact) mass is 434 g/mol. The van der Waals surface area contributed by atoms with Gasteiger partial charge >= 0.3 is 7.60 Å². The van der Waals surface area contributed by atoms with Crippen LogP contribution in [0.15, 0.2) is 48.5 Å². The zero-order valence-corrected chi connectivity index (χ0v) is 18.9. The zero-order valence-electron chi connectivity index (χ0n) is 18.0. The van der Waals surface area contributed by atoms with Crippen LogP contribution in [0.3, 0.4) is 0 Å². The zero-order chi connectivity index (χ0) is 21.8. The standard InChI is InChI=1S/C23H31O6P/c1-4-6-16-26-20-8-12-22(13-9-20)28-30(25,18-19(3)24)29-23-14-10-21(11-15-23)27-17-7-5-2/h8-15H,4-7,16-18H2,1-3H3. The maximum atomic E-state index is 13.2. The van der Waals surface area contributed by atoms with E-state index in [1.165, 1.54) is 6.92 Å². The van der Waals surface area contributed by atoms with E-state index in [2.05, 4.69) is 13.8 Å². The van der Waals surface area contributed by atoms with Crippen molar-refractivity contribution in [3.8, 4) is 23.0 Å². The minimum absolute atomic E-state index is 0.280. The normalized spacial score (nSPS) is 11.0. The minimum atomic E-state index is -3.73. The van der Waals surface area contributed by atoms with Crippen LogP contribution in [-0.4, -0.2) is 25.2 Å². The highest BCUT2D eigenvalue weighted by Gasteiger charge is 2.30. The van der Waals surface area contributed by atoms with Crippen molar-refractivity contribution in [2.45, 2.75) is 46.5 Å². The molecule has 30 heavy (non-hydrogen) atoms. The summed E-state index contributed by atoms with van der Waals surface area (Å²) in [5, 5.41) is 0. The first-order valence-corrected chi connectivity index (χ1v) is 12.1. The lowest BCUT2D eigenvalue weighted by molar-refractivity contribution is -0.114. The first-order valence-electron chi connectivity index (χ1n) is 10.4. The van der Waals surface area contributed by atoms with Crippen molar-refractivity contribution in [3.63, 3.8) is 0 Å². The second-order valence-corrected chi connectivity index (χ2v) is 8.90. The topological polar surface area (TPSA) is 71.1 Å². The molecule has 2 rings (SSSR count). The Kier molecular flexibility index (Phi) is 9.75. The van der Waals surface area contributed by atoms with Crippen LogP contribution in [0, 0.1) is 0 Å². The number of unbranched alkanes of at least 4 members (excludes halogenated alkanes) is 2. The Bertz CT molecular complexity index is 757. The van der Waals surface area contributed by atoms with Gasteiger partial charge in [0.25, 0.3) is 0 Å². The molecular formula is C23H31O6P. The molecule has 0 spiro atoms. The van der Waals surface area contributed by atoms with Gasteiger partial charge < -0.3 is 18.5 Å². The number of benzene rings is 2. The molecule has 0 aromatic heterocycles. The summed E-state index contributed by atoms with van der Waals surface area (Å²) in [5.41, 5.74) is 0. The highest BCUT2D eigenvalue weighted by molar-refractivity contribution is 7.55. The Labute approximate surface area is 179 Å². The van der Waals surface area contributed by atoms with Gasteiger partial charge in [0, 0.05) is 0 Å². The van der Waals surface area contributed by atoms with Gasteiger partial charge in [-0.15, -0.1) is 0 Å². The van der Waals surface area contributed by atoms with Crippen LogP contribution >= 0.6 is 7.60 Å². The molecule has 0 aliphatic heterocycles. The van der Waals surface area contributed by atoms with Crippen molar-refractivity contribution in [2.24, 2.45) is 0 Å². The second-order valence-electron chi connectivity index (χ2n) is 7.00. The third-order valence-corrected chi connectivity index (χ3v) is 5.90. The van der Waals surface area contributed by atoms with Crippen LogP contribution in [0.4, 0.5) is 0 Å². The summed E-state index contributed by atoms with van der Waals surface area (Å²) in [5.74, 6) is 1.83. The predicted molar refractivity (Wildman–Crippen MR) is 118 cm³/mol. The fraction of sp³-hybridized carbons (Fsp3) is 0.435. The van der Waals surface area contributed by atoms with Crippen molar-refractivity contribution >= 4 is 13.4 Å². The molecule has 164 valence electrons. The van der Waals surface area contributed by atoms with Gasteiger partial charge in [0.15, 0.2) is 0 Å². The van der Waals surface area contributed by atoms with E-state index in [0.29, 0.717) is 36.2 Å². The number of carbonyl (C=O) groups is 1. The highest BCUT2D eigenvalue weighted by atomic mass is 31.2. The highest BCUT2D eigenvalue weighted by Crippen LogP contribution is 2.48. The Morgan fingerprint density at radius 2 is 1.10 bits per heavy atom. The summed E-state index contributed by atoms with van der Waals surface area (Å²) < 4.78 is 35.7. The first kappa shape index (κ1) is 23.8. The van der Waals surface area contributed by atoms with Gasteiger partial charge in [-0.05, 0) is 68.3 Å². The largest absolute Gasteiger partial charge is 0.494 e. The molecule has 2 aromatic rings. The average molecular weight is 434 g/mol. The summed E-state index contributed by atoms with van der Waals surface area (Å²) in [6, 6.07) is 13.6. The van der Waals surface area contributed by atoms with E-state index in [-0.39, 0.29) is 11.9 Å². The summed E-state index contributed by atoms with van der Waals surface area (Å²) in [6.45, 7) is 6.83. The Hall–Kier alpha value is -2.46. The van der Waals surface area contributed by atoms with Crippen molar-refractivity contribution in [2.75, 3.05) is 19.4 Å². The van der Waals surface area contributed by atoms with Gasteiger partial charge in [-0.2, -0.15) is 0 Å². The number of ether oxygens (including phenoxy) is 2. The summed E-state index contributed by atoms with van der Waals surface area (Å²) in [6.07, 6.45) is 3.73. The Balaban J connectivity index is 2.04. The van der Waals surface area contributed by atoms with Crippen LogP contribution in [0.1, 0.15) is 46.5 Å². The molecule has 0 atom stereocenters. The van der Waals surface area contributed by atoms with Crippen molar-refractivity contribution in [1.82, 2.24) is 0 Å². The van der Waals surface area contributed by atoms with Gasteiger partial charge in [0.05, 0.1) is 13.2 Å². The number of ketones is 1. The van der Waals surface area contributed by atoms with Crippen LogP contribution in [0.2, 0.25) is 0 Å². The minimum Gasteiger partial charge on any atom is -0.494 e. The van der Waals surface area contributed by atoms with Crippen molar-refractivity contribution in [1.29, 1.82) is 0 Å². The smallest absolute Gasteiger partial charge is 0.438 e. The molecule has 0 aliphatic rings. The third-order valence-electron chi connectivity index (χ3n) is 4.09. The first-order chi connectivity index (χ1) is 14.4. The Morgan fingerprint density at radius 3 is 1.43 bits per heavy atom. The van der Waals surface area contributed by atoms with E-state index >= 15 is 0 Å². The van der Waals surface area contributed by atoms with E-state index in [4.69, 9.17) is 18.5 Å². The summed E-state index contributed by atoms with van der Waals surface area (Å²) in [4.78, 5) is 11.7. The van der Waals surface area contributed by atoms with E-state index in [1.54, 1.807) is 48.5 Å². The lowest BCUT2D eigenvalue weighted by Gasteiger charge is -2.19. The molecule has 0 bridgehead atoms. The Morgan fingerprint density at radius 1 is 0.733 bits per heavy atom. The molecule has 7 heteroatoms. The van der Waals surface area contributed by atoms with Crippen molar-refractivity contribution in [3.05, 3.63) is 48.5 Å². The maximum Gasteiger partial charge on any atom is 0.438 e. The lowest BCUT2D eigenvalue weighted by Crippen LogP contribution is -2.10. The van der Waals surface area contributed by atoms with Gasteiger partial charge in [0.1, 0.15) is 34.9 Å². The van der Waals surface area contributed by atoms with Gasteiger partial charge in [-0.1, -0.05) is 26.7 Å². The number of rotatable bonds is 14. The third kappa shape index (κ3) is 8.50. The van der Waals surface area contributed by atoms with E-state index in [9.17, 15) is 9.36 Å². The van der Waals surface area contributed by atoms with Crippen LogP contribution in [0.5, 0.6) is 23.0 Å². The van der Waals surface area contributed by atoms with Crippen LogP contribution in [0.25, 0.3) is 0 Å². The molecule has 0 saturated carbocycles. The fourth-order valence-corrected chi connectivity index (χ4v) is 4.14. The average Bonchev–Trinajstić information content (AvgIpc) is 2.70. The summed E-state index contributed by atoms with van der Waals surface area (Å²) in [7, 11) is -3.73. The number of hydrogen-bond donors (Lipinski definition) is 0. The molecule has 0 fully saturated rings. The number of hydrogen-bond acceptors (Lipinski definition) is 6. The molecule has 0 radical (unpaired) electrons. The van der Waals surface area contributed by atoms with E-state index < -0.39 is 7.60 Å². The maximum absolute atomic E-state index is 13.2. The SMILES string of the molecule is CCCCOc1ccc(OP(=O)(CC(C)=O)Oc2ccc(OCCCC)cc2)cc1. The van der Waals surface area contributed by atoms with E-state index in [1.807, 2.05) is 0 Å². The molecule has 0 unspecified atom stereocenters. The van der Waals surface area contributed by atoms with Gasteiger partial charge in [-0.25, -0.2) is 4.57 Å². The van der Waals surface area contributed by atoms with Crippen molar-refractivity contribution < 1.29 is 27.9 Å². The molecule has 6 nitrogen and oxygen atoms in total. The van der Waals surface area contributed by atoms with Crippen LogP contribution in [-0.2, 0) is 9.36 Å². The lowest BCUT2D eigenvalue weighted by atomic mass is 10.3. The number of Topliss-reactive ketones (excluding diaryl/α,β-unsaturated/α-hetero) is 1. The molecule has 0 N–H and O–H groups in total. The molecule has 0 heterocycles. The molecule has 0 saturated heterocycles. The number of carbonyl (C=O) groups excluding carboxylic acids is 1. The summed E-state index contributed by atoms with van der Waals surface area (Å²) >= 11 is 0. The van der Waals surface area contributed by atoms with Crippen LogP contribution < -0.4 is 18.5 Å². The predicted octanol–water partition coefficient (Wildman–Crippen LogP) is 6.28. The van der Waals surface area contributed by atoms with E-state index in [0.717, 1.165) is 25.7 Å². The van der Waals surface area contributed by atoms with Gasteiger partial charge in [-0.3, -0.25) is 4.79 Å². The fourth-order valence-electron chi connectivity index (χ4n) is 2.54. The molecule has 0 amide bonds. The quantitative estimate of drug-likeness (QED) is 0.257. The van der Waals surface area contributed by atoms with Gasteiger partial charge in [0.2, 0.25) is 0 Å². The molecule has 0 aliphatic carbocycles. The molecule has 2 aromatic carbocycles.